The lowest BCUT2D eigenvalue weighted by Gasteiger charge is -2.20. The molecule has 4 nitrogen and oxygen atoms in total. The predicted octanol–water partition coefficient (Wildman–Crippen LogP) is 2.18. The molecule has 1 N–H and O–H groups in total. The Morgan fingerprint density at radius 2 is 1.83 bits per heavy atom. The van der Waals surface area contributed by atoms with Crippen LogP contribution in [0.25, 0.3) is 0 Å². The molecule has 0 aromatic carbocycles. The average molecular weight is 269 g/mol. The summed E-state index contributed by atoms with van der Waals surface area (Å²) in [5.74, 6) is -2.95. The molecule has 0 radical (unpaired) electrons. The fourth-order valence-corrected chi connectivity index (χ4v) is 1.14. The molecule has 2 atom stereocenters. The van der Waals surface area contributed by atoms with Crippen molar-refractivity contribution in [3.63, 3.8) is 0 Å². The van der Waals surface area contributed by atoms with Gasteiger partial charge in [0.2, 0.25) is 0 Å². The first-order valence-corrected chi connectivity index (χ1v) is 5.80. The third kappa shape index (κ3) is 5.88. The van der Waals surface area contributed by atoms with Crippen LogP contribution in [0.1, 0.15) is 40.0 Å². The second kappa shape index (κ2) is 7.23. The molecule has 0 fully saturated rings. The van der Waals surface area contributed by atoms with Crippen LogP contribution in [-0.2, 0) is 14.3 Å². The topological polar surface area (TPSA) is 55.4 Å². The molecule has 0 spiro atoms. The SMILES string of the molecule is CCC[C@H](NC(=O)C(F)(F)F)C(=O)OC(C)CC. The molecule has 0 rings (SSSR count). The summed E-state index contributed by atoms with van der Waals surface area (Å²) in [6, 6.07) is -1.25. The molecular formula is C11H18F3NO3. The number of esters is 1. The minimum absolute atomic E-state index is 0.108. The molecule has 18 heavy (non-hydrogen) atoms. The van der Waals surface area contributed by atoms with Crippen molar-refractivity contribution in [2.45, 2.75) is 58.4 Å². The second-order valence-electron chi connectivity index (χ2n) is 3.97. The molecular weight excluding hydrogens is 251 g/mol. The lowest BCUT2D eigenvalue weighted by Crippen LogP contribution is -2.47. The van der Waals surface area contributed by atoms with Crippen molar-refractivity contribution in [3.05, 3.63) is 0 Å². The summed E-state index contributed by atoms with van der Waals surface area (Å²) in [4.78, 5) is 22.3. The summed E-state index contributed by atoms with van der Waals surface area (Å²) in [6.45, 7) is 5.11. The highest BCUT2D eigenvalue weighted by molar-refractivity contribution is 5.87. The van der Waals surface area contributed by atoms with Crippen LogP contribution in [0.4, 0.5) is 13.2 Å². The van der Waals surface area contributed by atoms with E-state index in [1.807, 2.05) is 0 Å². The van der Waals surface area contributed by atoms with Crippen molar-refractivity contribution in [3.8, 4) is 0 Å². The van der Waals surface area contributed by atoms with Crippen LogP contribution in [-0.4, -0.2) is 30.2 Å². The minimum atomic E-state index is -5.00. The minimum Gasteiger partial charge on any atom is -0.461 e. The first-order valence-electron chi connectivity index (χ1n) is 5.80. The van der Waals surface area contributed by atoms with Gasteiger partial charge >= 0.3 is 18.1 Å². The quantitative estimate of drug-likeness (QED) is 0.752. The Labute approximate surface area is 104 Å². The normalized spacial score (nSPS) is 14.8. The summed E-state index contributed by atoms with van der Waals surface area (Å²) in [7, 11) is 0. The Bertz CT molecular complexity index is 292. The zero-order valence-corrected chi connectivity index (χ0v) is 10.6. The molecule has 1 amide bonds. The van der Waals surface area contributed by atoms with Crippen LogP contribution in [0.2, 0.25) is 0 Å². The van der Waals surface area contributed by atoms with E-state index in [2.05, 4.69) is 0 Å². The summed E-state index contributed by atoms with van der Waals surface area (Å²) in [6.07, 6.45) is -4.27. The van der Waals surface area contributed by atoms with Crippen LogP contribution < -0.4 is 5.32 Å². The zero-order chi connectivity index (χ0) is 14.3. The number of hydrogen-bond donors (Lipinski definition) is 1. The molecule has 0 aromatic rings. The maximum atomic E-state index is 12.1. The van der Waals surface area contributed by atoms with Crippen LogP contribution in [0.3, 0.4) is 0 Å². The molecule has 0 bridgehead atoms. The highest BCUT2D eigenvalue weighted by atomic mass is 19.4. The van der Waals surface area contributed by atoms with Gasteiger partial charge in [-0.3, -0.25) is 4.79 Å². The molecule has 0 aromatic heterocycles. The molecule has 106 valence electrons. The van der Waals surface area contributed by atoms with Gasteiger partial charge in [0.05, 0.1) is 6.10 Å². The Balaban J connectivity index is 4.56. The first-order chi connectivity index (χ1) is 8.22. The van der Waals surface area contributed by atoms with Crippen LogP contribution in [0.15, 0.2) is 0 Å². The number of carbonyl (C=O) groups excluding carboxylic acids is 2. The Morgan fingerprint density at radius 1 is 1.28 bits per heavy atom. The number of nitrogens with one attached hydrogen (secondary N) is 1. The van der Waals surface area contributed by atoms with E-state index >= 15 is 0 Å². The molecule has 0 aliphatic heterocycles. The number of carbonyl (C=O) groups is 2. The van der Waals surface area contributed by atoms with E-state index in [-0.39, 0.29) is 12.5 Å². The van der Waals surface area contributed by atoms with E-state index in [1.54, 1.807) is 26.1 Å². The monoisotopic (exact) mass is 269 g/mol. The van der Waals surface area contributed by atoms with Gasteiger partial charge in [0.15, 0.2) is 0 Å². The van der Waals surface area contributed by atoms with E-state index in [0.29, 0.717) is 12.8 Å². The molecule has 0 aliphatic carbocycles. The third-order valence-corrected chi connectivity index (χ3v) is 2.32. The van der Waals surface area contributed by atoms with Gasteiger partial charge in [-0.25, -0.2) is 4.79 Å². The summed E-state index contributed by atoms with van der Waals surface area (Å²) < 4.78 is 41.1. The molecule has 0 saturated heterocycles. The fourth-order valence-electron chi connectivity index (χ4n) is 1.14. The smallest absolute Gasteiger partial charge is 0.461 e. The standard InChI is InChI=1S/C11H18F3NO3/c1-4-6-8(9(16)18-7(3)5-2)15-10(17)11(12,13)14/h7-8H,4-6H2,1-3H3,(H,15,17)/t7?,8-/m0/s1. The maximum absolute atomic E-state index is 12.1. The number of alkyl halides is 3. The van der Waals surface area contributed by atoms with E-state index in [4.69, 9.17) is 4.74 Å². The fraction of sp³-hybridized carbons (Fsp3) is 0.818. The molecule has 0 saturated carbocycles. The maximum Gasteiger partial charge on any atom is 0.471 e. The van der Waals surface area contributed by atoms with Gasteiger partial charge in [0, 0.05) is 0 Å². The van der Waals surface area contributed by atoms with E-state index in [0.717, 1.165) is 0 Å². The van der Waals surface area contributed by atoms with E-state index in [1.165, 1.54) is 0 Å². The molecule has 1 unspecified atom stereocenters. The summed E-state index contributed by atoms with van der Waals surface area (Å²) in [5, 5.41) is 1.65. The number of amides is 1. The highest BCUT2D eigenvalue weighted by Crippen LogP contribution is 2.15. The van der Waals surface area contributed by atoms with Gasteiger partial charge in [-0.2, -0.15) is 13.2 Å². The Morgan fingerprint density at radius 3 is 2.22 bits per heavy atom. The average Bonchev–Trinajstić information content (AvgIpc) is 2.26. The molecule has 0 aliphatic rings. The van der Waals surface area contributed by atoms with Gasteiger partial charge in [-0.1, -0.05) is 20.3 Å². The molecule has 7 heteroatoms. The van der Waals surface area contributed by atoms with Crippen molar-refractivity contribution < 1.29 is 27.5 Å². The van der Waals surface area contributed by atoms with Gasteiger partial charge in [-0.05, 0) is 19.8 Å². The second-order valence-corrected chi connectivity index (χ2v) is 3.97. The number of ether oxygens (including phenoxy) is 1. The number of rotatable bonds is 6. The number of hydrogen-bond acceptors (Lipinski definition) is 3. The van der Waals surface area contributed by atoms with Crippen LogP contribution >= 0.6 is 0 Å². The summed E-state index contributed by atoms with van der Waals surface area (Å²) >= 11 is 0. The van der Waals surface area contributed by atoms with Crippen molar-refractivity contribution in [1.29, 1.82) is 0 Å². The highest BCUT2D eigenvalue weighted by Gasteiger charge is 2.41. The third-order valence-electron chi connectivity index (χ3n) is 2.32. The van der Waals surface area contributed by atoms with Gasteiger partial charge in [0.1, 0.15) is 6.04 Å². The van der Waals surface area contributed by atoms with Crippen LogP contribution in [0, 0.1) is 0 Å². The van der Waals surface area contributed by atoms with Gasteiger partial charge in [0.25, 0.3) is 0 Å². The van der Waals surface area contributed by atoms with E-state index in [9.17, 15) is 22.8 Å². The van der Waals surface area contributed by atoms with Crippen LogP contribution in [0.5, 0.6) is 0 Å². The van der Waals surface area contributed by atoms with Crippen molar-refractivity contribution in [2.24, 2.45) is 0 Å². The van der Waals surface area contributed by atoms with Gasteiger partial charge in [-0.15, -0.1) is 0 Å². The number of halogens is 3. The molecule has 0 heterocycles. The van der Waals surface area contributed by atoms with Crippen molar-refractivity contribution in [2.75, 3.05) is 0 Å². The summed E-state index contributed by atoms with van der Waals surface area (Å²) in [5.41, 5.74) is 0. The Hall–Kier alpha value is -1.27. The lowest BCUT2D eigenvalue weighted by atomic mass is 10.1. The Kier molecular flexibility index (Phi) is 6.72. The largest absolute Gasteiger partial charge is 0.471 e. The lowest BCUT2D eigenvalue weighted by molar-refractivity contribution is -0.176. The first kappa shape index (κ1) is 16.7. The van der Waals surface area contributed by atoms with Gasteiger partial charge < -0.3 is 10.1 Å². The van der Waals surface area contributed by atoms with Crippen molar-refractivity contribution in [1.82, 2.24) is 5.32 Å². The predicted molar refractivity (Wildman–Crippen MR) is 58.7 cm³/mol. The van der Waals surface area contributed by atoms with Crippen molar-refractivity contribution >= 4 is 11.9 Å². The zero-order valence-electron chi connectivity index (χ0n) is 10.6. The van der Waals surface area contributed by atoms with E-state index < -0.39 is 24.1 Å².